The van der Waals surface area contributed by atoms with E-state index < -0.39 is 22.7 Å². The Kier molecular flexibility index (Phi) is 6.28. The molecule has 2 aliphatic rings. The molecule has 214 valence electrons. The topological polar surface area (TPSA) is 90.6 Å². The first-order valence-electron chi connectivity index (χ1n) is 13.3. The van der Waals surface area contributed by atoms with E-state index in [4.69, 9.17) is 9.41 Å². The van der Waals surface area contributed by atoms with Crippen LogP contribution in [0.5, 0.6) is 0 Å². The quantitative estimate of drug-likeness (QED) is 0.174. The Morgan fingerprint density at radius 2 is 1.81 bits per heavy atom. The Morgan fingerprint density at radius 3 is 2.63 bits per heavy atom. The summed E-state index contributed by atoms with van der Waals surface area (Å²) in [6, 6.07) is 21.6. The summed E-state index contributed by atoms with van der Waals surface area (Å²) in [7, 11) is 0. The summed E-state index contributed by atoms with van der Waals surface area (Å²) in [6.45, 7) is 0. The molecule has 0 bridgehead atoms. The van der Waals surface area contributed by atoms with Crippen molar-refractivity contribution in [2.24, 2.45) is 4.99 Å². The van der Waals surface area contributed by atoms with Gasteiger partial charge in [-0.1, -0.05) is 59.9 Å². The number of fused-ring (bicyclic) bond motifs is 3. The summed E-state index contributed by atoms with van der Waals surface area (Å²) in [6.07, 6.45) is -1.58. The number of nitro benzene ring substituents is 1. The van der Waals surface area contributed by atoms with Gasteiger partial charge in [-0.3, -0.25) is 19.5 Å². The Labute approximate surface area is 245 Å². The number of aromatic nitrogens is 1. The maximum atomic E-state index is 13.9. The van der Waals surface area contributed by atoms with Gasteiger partial charge in [0.25, 0.3) is 11.2 Å². The van der Waals surface area contributed by atoms with E-state index in [2.05, 4.69) is 0 Å². The fourth-order valence-electron chi connectivity index (χ4n) is 5.69. The first kappa shape index (κ1) is 26.8. The second-order valence-corrected chi connectivity index (χ2v) is 11.3. The molecule has 7 nitrogen and oxygen atoms in total. The molecule has 0 saturated heterocycles. The molecule has 0 spiro atoms. The average Bonchev–Trinajstić information content (AvgIpc) is 3.60. The van der Waals surface area contributed by atoms with Gasteiger partial charge in [-0.2, -0.15) is 13.2 Å². The van der Waals surface area contributed by atoms with Crippen molar-refractivity contribution < 1.29 is 22.5 Å². The third kappa shape index (κ3) is 4.71. The number of rotatable bonds is 4. The molecule has 0 radical (unpaired) electrons. The smallest absolute Gasteiger partial charge is 0.416 e. The first-order valence-corrected chi connectivity index (χ1v) is 14.1. The molecular formula is C32H20F3N3O4S. The third-order valence-electron chi connectivity index (χ3n) is 7.64. The molecule has 3 heterocycles. The zero-order valence-electron chi connectivity index (χ0n) is 22.2. The van der Waals surface area contributed by atoms with E-state index in [1.807, 2.05) is 24.3 Å². The number of thiazole rings is 1. The summed E-state index contributed by atoms with van der Waals surface area (Å²) >= 11 is 1.16. The summed E-state index contributed by atoms with van der Waals surface area (Å²) in [5, 5.41) is 11.6. The van der Waals surface area contributed by atoms with Crippen molar-refractivity contribution in [2.75, 3.05) is 0 Å². The zero-order valence-corrected chi connectivity index (χ0v) is 23.0. The predicted octanol–water partition coefficient (Wildman–Crippen LogP) is 6.51. The second-order valence-electron chi connectivity index (χ2n) is 10.2. The summed E-state index contributed by atoms with van der Waals surface area (Å²) < 4.78 is 47.4. The highest BCUT2D eigenvalue weighted by molar-refractivity contribution is 7.07. The largest absolute Gasteiger partial charge is 0.457 e. The molecule has 11 heteroatoms. The minimum atomic E-state index is -4.49. The van der Waals surface area contributed by atoms with Crippen LogP contribution in [0.2, 0.25) is 0 Å². The molecule has 0 N–H and O–H groups in total. The number of benzene rings is 3. The summed E-state index contributed by atoms with van der Waals surface area (Å²) in [4.78, 5) is 30.4. The van der Waals surface area contributed by atoms with Crippen LogP contribution in [0, 0.1) is 10.1 Å². The Hall–Kier alpha value is -5.03. The number of nitro groups is 1. The number of allylic oxidation sites excluding steroid dienone is 1. The number of alkyl halides is 3. The predicted molar refractivity (Wildman–Crippen MR) is 155 cm³/mol. The molecule has 1 aliphatic heterocycles. The first-order chi connectivity index (χ1) is 20.7. The molecule has 7 rings (SSSR count). The van der Waals surface area contributed by atoms with Crippen molar-refractivity contribution in [1.82, 2.24) is 4.57 Å². The molecule has 0 saturated carbocycles. The van der Waals surface area contributed by atoms with Crippen molar-refractivity contribution in [3.05, 3.63) is 148 Å². The van der Waals surface area contributed by atoms with E-state index in [0.29, 0.717) is 27.1 Å². The van der Waals surface area contributed by atoms with Gasteiger partial charge in [-0.15, -0.1) is 0 Å². The van der Waals surface area contributed by atoms with Crippen LogP contribution in [0.15, 0.2) is 105 Å². The van der Waals surface area contributed by atoms with Gasteiger partial charge in [0.1, 0.15) is 11.5 Å². The fraction of sp³-hybridized carbons (Fsp3) is 0.125. The monoisotopic (exact) mass is 599 g/mol. The van der Waals surface area contributed by atoms with E-state index in [-0.39, 0.29) is 22.6 Å². The molecule has 1 unspecified atom stereocenters. The number of halogens is 3. The molecule has 1 aliphatic carbocycles. The summed E-state index contributed by atoms with van der Waals surface area (Å²) in [5.74, 6) is 0.519. The maximum Gasteiger partial charge on any atom is 0.416 e. The van der Waals surface area contributed by atoms with Crippen LogP contribution in [0.25, 0.3) is 23.1 Å². The lowest BCUT2D eigenvalue weighted by atomic mass is 9.83. The number of aryl methyl sites for hydroxylation is 1. The SMILES string of the molecule is O=c1/c(=C\c2ccc(-c3cccc(C(F)(F)F)c3)o2)sc2n1C(c1cccc([N+](=O)[O-])c1)C1=C(N=2)c2ccccc2CC1. The van der Waals surface area contributed by atoms with Crippen LogP contribution in [0.4, 0.5) is 18.9 Å². The van der Waals surface area contributed by atoms with Crippen molar-refractivity contribution in [3.63, 3.8) is 0 Å². The van der Waals surface area contributed by atoms with E-state index in [1.165, 1.54) is 24.3 Å². The Balaban J connectivity index is 1.37. The number of non-ortho nitro benzene ring substituents is 1. The highest BCUT2D eigenvalue weighted by Gasteiger charge is 2.33. The van der Waals surface area contributed by atoms with Gasteiger partial charge in [0, 0.05) is 29.3 Å². The average molecular weight is 600 g/mol. The minimum absolute atomic E-state index is 0.0762. The van der Waals surface area contributed by atoms with E-state index in [9.17, 15) is 28.1 Å². The molecule has 0 fully saturated rings. The van der Waals surface area contributed by atoms with E-state index in [0.717, 1.165) is 52.3 Å². The molecule has 2 aromatic heterocycles. The van der Waals surface area contributed by atoms with Gasteiger partial charge >= 0.3 is 6.18 Å². The van der Waals surface area contributed by atoms with Crippen molar-refractivity contribution in [1.29, 1.82) is 0 Å². The molecule has 3 aromatic carbocycles. The normalized spacial score (nSPS) is 16.3. The second kappa shape index (κ2) is 10.1. The Morgan fingerprint density at radius 1 is 1.00 bits per heavy atom. The third-order valence-corrected chi connectivity index (χ3v) is 8.63. The number of nitrogens with zero attached hydrogens (tertiary/aromatic N) is 3. The Bertz CT molecular complexity index is 2160. The van der Waals surface area contributed by atoms with Crippen molar-refractivity contribution in [3.8, 4) is 11.3 Å². The fourth-order valence-corrected chi connectivity index (χ4v) is 6.68. The maximum absolute atomic E-state index is 13.9. The molecule has 5 aromatic rings. The van der Waals surface area contributed by atoms with Crippen molar-refractivity contribution >= 4 is 28.8 Å². The van der Waals surface area contributed by atoms with Gasteiger partial charge in [0.15, 0.2) is 4.80 Å². The number of hydrogen-bond donors (Lipinski definition) is 0. The lowest BCUT2D eigenvalue weighted by Gasteiger charge is -2.30. The van der Waals surface area contributed by atoms with E-state index in [1.54, 1.807) is 34.9 Å². The van der Waals surface area contributed by atoms with E-state index >= 15 is 0 Å². The van der Waals surface area contributed by atoms with Crippen LogP contribution in [0.1, 0.15) is 40.5 Å². The lowest BCUT2D eigenvalue weighted by molar-refractivity contribution is -0.384. The minimum Gasteiger partial charge on any atom is -0.457 e. The van der Waals surface area contributed by atoms with Crippen LogP contribution in [-0.2, 0) is 12.6 Å². The standard InChI is InChI=1S/C32H20F3N3O4S/c33-32(34,35)21-8-3-6-19(15-21)26-14-12-23(42-26)17-27-30(39)37-29(20-7-4-9-22(16-20)38(40)41)25-13-11-18-5-1-2-10-24(18)28(25)36-31(37)43-27/h1-10,12,14-17,29H,11,13H2/b27-17+. The molecular weight excluding hydrogens is 579 g/mol. The van der Waals surface area contributed by atoms with Gasteiger partial charge in [-0.05, 0) is 53.8 Å². The molecule has 0 amide bonds. The summed E-state index contributed by atoms with van der Waals surface area (Å²) in [5.41, 5.74) is 3.42. The molecule has 1 atom stereocenters. The zero-order chi connectivity index (χ0) is 29.9. The number of hydrogen-bond acceptors (Lipinski definition) is 6. The lowest BCUT2D eigenvalue weighted by Crippen LogP contribution is -2.38. The number of furan rings is 1. The highest BCUT2D eigenvalue weighted by Crippen LogP contribution is 2.41. The highest BCUT2D eigenvalue weighted by atomic mass is 32.1. The van der Waals surface area contributed by atoms with Crippen LogP contribution >= 0.6 is 11.3 Å². The van der Waals surface area contributed by atoms with Gasteiger partial charge in [0.2, 0.25) is 0 Å². The van der Waals surface area contributed by atoms with Gasteiger partial charge in [-0.25, -0.2) is 4.99 Å². The molecule has 43 heavy (non-hydrogen) atoms. The van der Waals surface area contributed by atoms with Gasteiger partial charge in [0.05, 0.1) is 26.8 Å². The van der Waals surface area contributed by atoms with Crippen LogP contribution in [0.3, 0.4) is 0 Å². The van der Waals surface area contributed by atoms with Crippen LogP contribution in [-0.4, -0.2) is 9.49 Å². The van der Waals surface area contributed by atoms with Gasteiger partial charge < -0.3 is 4.42 Å². The van der Waals surface area contributed by atoms with Crippen LogP contribution < -0.4 is 14.9 Å². The van der Waals surface area contributed by atoms with Crippen molar-refractivity contribution in [2.45, 2.75) is 25.1 Å².